The number of benzene rings is 1. The molecule has 1 saturated heterocycles. The second kappa shape index (κ2) is 7.12. The highest BCUT2D eigenvalue weighted by Gasteiger charge is 2.24. The largest absolute Gasteiger partial charge is 0.452 e. The fourth-order valence-corrected chi connectivity index (χ4v) is 3.55. The molecule has 6 nitrogen and oxygen atoms in total. The van der Waals surface area contributed by atoms with Gasteiger partial charge in [0.05, 0.1) is 10.5 Å². The van der Waals surface area contributed by atoms with Gasteiger partial charge in [-0.2, -0.15) is 0 Å². The monoisotopic (exact) mass is 339 g/mol. The van der Waals surface area contributed by atoms with Crippen molar-refractivity contribution in [1.29, 1.82) is 0 Å². The number of esters is 1. The van der Waals surface area contributed by atoms with Gasteiger partial charge in [-0.1, -0.05) is 19.1 Å². The summed E-state index contributed by atoms with van der Waals surface area (Å²) in [5.41, 5.74) is -0.0465. The zero-order valence-electron chi connectivity index (χ0n) is 13.3. The number of amides is 1. The van der Waals surface area contributed by atoms with Crippen molar-refractivity contribution in [3.05, 3.63) is 29.8 Å². The molecule has 1 atom stereocenters. The van der Waals surface area contributed by atoms with Crippen molar-refractivity contribution < 1.29 is 22.7 Å². The van der Waals surface area contributed by atoms with Crippen LogP contribution in [0.25, 0.3) is 0 Å². The summed E-state index contributed by atoms with van der Waals surface area (Å²) in [5.74, 6) is -0.611. The standard InChI is InChI=1S/C16H21NO5S/c1-12-6-5-9-17(10-12)15(18)11-22-16(19)13-7-3-4-8-14(13)23(2,20)21/h3-4,7-8,12H,5-6,9-11H2,1-2H3/t12-/m1/s1. The van der Waals surface area contributed by atoms with E-state index in [-0.39, 0.29) is 23.0 Å². The molecule has 1 aromatic rings. The summed E-state index contributed by atoms with van der Waals surface area (Å²) in [6, 6.07) is 5.82. The molecule has 23 heavy (non-hydrogen) atoms. The quantitative estimate of drug-likeness (QED) is 0.777. The lowest BCUT2D eigenvalue weighted by Gasteiger charge is -2.30. The smallest absolute Gasteiger partial charge is 0.339 e. The zero-order valence-corrected chi connectivity index (χ0v) is 14.1. The summed E-state index contributed by atoms with van der Waals surface area (Å²) in [7, 11) is -3.54. The van der Waals surface area contributed by atoms with Crippen molar-refractivity contribution in [2.45, 2.75) is 24.7 Å². The van der Waals surface area contributed by atoms with Crippen molar-refractivity contribution >= 4 is 21.7 Å². The minimum atomic E-state index is -3.54. The number of nitrogens with zero attached hydrogens (tertiary/aromatic N) is 1. The number of likely N-dealkylation sites (tertiary alicyclic amines) is 1. The van der Waals surface area contributed by atoms with Crippen molar-refractivity contribution in [2.24, 2.45) is 5.92 Å². The molecule has 126 valence electrons. The highest BCUT2D eigenvalue weighted by molar-refractivity contribution is 7.90. The first-order valence-corrected chi connectivity index (χ1v) is 9.42. The van der Waals surface area contributed by atoms with E-state index in [2.05, 4.69) is 6.92 Å². The van der Waals surface area contributed by atoms with Gasteiger partial charge < -0.3 is 9.64 Å². The van der Waals surface area contributed by atoms with Crippen LogP contribution in [0.4, 0.5) is 0 Å². The van der Waals surface area contributed by atoms with Crippen molar-refractivity contribution in [3.63, 3.8) is 0 Å². The first-order chi connectivity index (χ1) is 10.8. The van der Waals surface area contributed by atoms with E-state index in [0.717, 1.165) is 19.1 Å². The van der Waals surface area contributed by atoms with Crippen LogP contribution in [0.15, 0.2) is 29.2 Å². The number of ether oxygens (including phenoxy) is 1. The summed E-state index contributed by atoms with van der Waals surface area (Å²) in [6.45, 7) is 3.04. The van der Waals surface area contributed by atoms with Crippen LogP contribution >= 0.6 is 0 Å². The van der Waals surface area contributed by atoms with Crippen LogP contribution in [-0.2, 0) is 19.4 Å². The van der Waals surface area contributed by atoms with Crippen LogP contribution in [0.3, 0.4) is 0 Å². The average molecular weight is 339 g/mol. The molecule has 0 unspecified atom stereocenters. The molecule has 1 heterocycles. The van der Waals surface area contributed by atoms with Gasteiger partial charge in [0, 0.05) is 19.3 Å². The SMILES string of the molecule is C[C@@H]1CCCN(C(=O)COC(=O)c2ccccc2S(C)(=O)=O)C1. The summed E-state index contributed by atoms with van der Waals surface area (Å²) in [6.07, 6.45) is 3.06. The van der Waals surface area contributed by atoms with Gasteiger partial charge in [-0.3, -0.25) is 4.79 Å². The highest BCUT2D eigenvalue weighted by atomic mass is 32.2. The fraction of sp³-hybridized carbons (Fsp3) is 0.500. The first-order valence-electron chi connectivity index (χ1n) is 7.53. The predicted octanol–water partition coefficient (Wildman–Crippen LogP) is 1.51. The number of rotatable bonds is 4. The fourth-order valence-electron chi connectivity index (χ4n) is 2.67. The first kappa shape index (κ1) is 17.5. The van der Waals surface area contributed by atoms with Crippen LogP contribution in [0.1, 0.15) is 30.1 Å². The minimum Gasteiger partial charge on any atom is -0.452 e. The van der Waals surface area contributed by atoms with E-state index >= 15 is 0 Å². The Morgan fingerprint density at radius 1 is 1.30 bits per heavy atom. The van der Waals surface area contributed by atoms with Crippen molar-refractivity contribution in [2.75, 3.05) is 26.0 Å². The van der Waals surface area contributed by atoms with Crippen LogP contribution < -0.4 is 0 Å². The van der Waals surface area contributed by atoms with E-state index in [0.29, 0.717) is 19.0 Å². The molecule has 0 spiro atoms. The molecule has 0 aromatic heterocycles. The second-order valence-corrected chi connectivity index (χ2v) is 7.92. The molecule has 1 aromatic carbocycles. The van der Waals surface area contributed by atoms with E-state index in [1.165, 1.54) is 18.2 Å². The Hall–Kier alpha value is -1.89. The molecule has 0 bridgehead atoms. The number of hydrogen-bond acceptors (Lipinski definition) is 5. The molecule has 1 aliphatic heterocycles. The number of hydrogen-bond donors (Lipinski definition) is 0. The zero-order chi connectivity index (χ0) is 17.0. The minimum absolute atomic E-state index is 0.0465. The Labute approximate surface area is 136 Å². The lowest BCUT2D eigenvalue weighted by atomic mass is 10.0. The summed E-state index contributed by atoms with van der Waals surface area (Å²) >= 11 is 0. The molecule has 0 aliphatic carbocycles. The van der Waals surface area contributed by atoms with E-state index < -0.39 is 15.8 Å². The van der Waals surface area contributed by atoms with Crippen LogP contribution in [0, 0.1) is 5.92 Å². The molecule has 1 fully saturated rings. The number of carbonyl (C=O) groups excluding carboxylic acids is 2. The summed E-state index contributed by atoms with van der Waals surface area (Å²) < 4.78 is 28.4. The Morgan fingerprint density at radius 2 is 2.00 bits per heavy atom. The van der Waals surface area contributed by atoms with Gasteiger partial charge in [-0.15, -0.1) is 0 Å². The molecular formula is C16H21NO5S. The third-order valence-electron chi connectivity index (χ3n) is 3.84. The number of piperidine rings is 1. The van der Waals surface area contributed by atoms with E-state index in [1.807, 2.05) is 0 Å². The topological polar surface area (TPSA) is 80.8 Å². The Morgan fingerprint density at radius 3 is 2.65 bits per heavy atom. The van der Waals surface area contributed by atoms with E-state index in [4.69, 9.17) is 4.74 Å². The van der Waals surface area contributed by atoms with E-state index in [1.54, 1.807) is 11.0 Å². The van der Waals surface area contributed by atoms with Crippen LogP contribution in [0.2, 0.25) is 0 Å². The lowest BCUT2D eigenvalue weighted by molar-refractivity contribution is -0.136. The maximum atomic E-state index is 12.1. The third-order valence-corrected chi connectivity index (χ3v) is 5.00. The van der Waals surface area contributed by atoms with Gasteiger partial charge in [0.2, 0.25) is 0 Å². The normalized spacial score (nSPS) is 18.5. The van der Waals surface area contributed by atoms with Crippen LogP contribution in [0.5, 0.6) is 0 Å². The molecule has 1 aliphatic rings. The molecule has 1 amide bonds. The summed E-state index contributed by atoms with van der Waals surface area (Å²) in [5, 5.41) is 0. The average Bonchev–Trinajstić information content (AvgIpc) is 2.51. The predicted molar refractivity (Wildman–Crippen MR) is 84.8 cm³/mol. The van der Waals surface area contributed by atoms with Gasteiger partial charge in [-0.25, -0.2) is 13.2 Å². The Kier molecular flexibility index (Phi) is 5.41. The second-order valence-electron chi connectivity index (χ2n) is 5.93. The molecule has 0 saturated carbocycles. The lowest BCUT2D eigenvalue weighted by Crippen LogP contribution is -2.41. The maximum absolute atomic E-state index is 12.1. The Balaban J connectivity index is 2.02. The molecule has 2 rings (SSSR count). The third kappa shape index (κ3) is 4.54. The van der Waals surface area contributed by atoms with E-state index in [9.17, 15) is 18.0 Å². The molecular weight excluding hydrogens is 318 g/mol. The molecule has 0 radical (unpaired) electrons. The van der Waals surface area contributed by atoms with Crippen LogP contribution in [-0.4, -0.2) is 51.1 Å². The van der Waals surface area contributed by atoms with Gasteiger partial charge in [-0.05, 0) is 30.9 Å². The molecule has 0 N–H and O–H groups in total. The van der Waals surface area contributed by atoms with Gasteiger partial charge in [0.25, 0.3) is 5.91 Å². The van der Waals surface area contributed by atoms with Gasteiger partial charge >= 0.3 is 5.97 Å². The summed E-state index contributed by atoms with van der Waals surface area (Å²) in [4.78, 5) is 25.8. The van der Waals surface area contributed by atoms with Crippen molar-refractivity contribution in [1.82, 2.24) is 4.90 Å². The maximum Gasteiger partial charge on any atom is 0.339 e. The number of sulfone groups is 1. The Bertz CT molecular complexity index is 698. The number of carbonyl (C=O) groups is 2. The van der Waals surface area contributed by atoms with Gasteiger partial charge in [0.15, 0.2) is 16.4 Å². The molecule has 7 heteroatoms. The highest BCUT2D eigenvalue weighted by Crippen LogP contribution is 2.17. The van der Waals surface area contributed by atoms with Gasteiger partial charge in [0.1, 0.15) is 0 Å². The van der Waals surface area contributed by atoms with Crippen molar-refractivity contribution in [3.8, 4) is 0 Å².